The van der Waals surface area contributed by atoms with Gasteiger partial charge in [-0.05, 0) is 29.2 Å². The van der Waals surface area contributed by atoms with E-state index in [2.05, 4.69) is 10.1 Å². The highest BCUT2D eigenvalue weighted by Crippen LogP contribution is 2.43. The van der Waals surface area contributed by atoms with E-state index < -0.39 is 17.2 Å². The second kappa shape index (κ2) is 8.11. The van der Waals surface area contributed by atoms with Crippen LogP contribution in [0.15, 0.2) is 61.2 Å². The van der Waals surface area contributed by atoms with Gasteiger partial charge in [-0.15, -0.1) is 0 Å². The third kappa shape index (κ3) is 4.32. The molecule has 0 spiro atoms. The van der Waals surface area contributed by atoms with Crippen molar-refractivity contribution in [1.82, 2.24) is 14.8 Å². The largest absolute Gasteiger partial charge is 0.464 e. The third-order valence-corrected chi connectivity index (χ3v) is 5.36. The van der Waals surface area contributed by atoms with Gasteiger partial charge >= 0.3 is 0 Å². The summed E-state index contributed by atoms with van der Waals surface area (Å²) in [5, 5.41) is 17.0. The molecule has 148 valence electrons. The molecule has 5 nitrogen and oxygen atoms in total. The molecule has 1 aromatic heterocycles. The van der Waals surface area contributed by atoms with Gasteiger partial charge in [0.25, 0.3) is 0 Å². The monoisotopic (exact) mass is 419 g/mol. The smallest absolute Gasteiger partial charge is 0.222 e. The number of ether oxygens (including phenoxy) is 1. The standard InChI is InChI=1S/C21H23Cl2N3O2/c1-20(2,3)21(27,12-15-7-5-4-6-8-15)19(26-14-24-13-25-26)28-18-10-9-16(22)11-17(18)23/h4-11,13-14,19,27H,12H2,1-3H3. The number of halogens is 2. The number of nitrogens with zero attached hydrogens (tertiary/aromatic N) is 3. The van der Waals surface area contributed by atoms with Crippen LogP contribution in [0.2, 0.25) is 10.0 Å². The van der Waals surface area contributed by atoms with Gasteiger partial charge in [0, 0.05) is 11.4 Å². The summed E-state index contributed by atoms with van der Waals surface area (Å²) in [5.74, 6) is 0.405. The number of hydrogen-bond donors (Lipinski definition) is 1. The predicted molar refractivity (Wildman–Crippen MR) is 111 cm³/mol. The van der Waals surface area contributed by atoms with Gasteiger partial charge in [0.1, 0.15) is 24.0 Å². The highest BCUT2D eigenvalue weighted by Gasteiger charge is 2.50. The van der Waals surface area contributed by atoms with Crippen molar-refractivity contribution >= 4 is 23.2 Å². The maximum atomic E-state index is 12.0. The fourth-order valence-corrected chi connectivity index (χ4v) is 3.48. The van der Waals surface area contributed by atoms with E-state index in [4.69, 9.17) is 27.9 Å². The maximum absolute atomic E-state index is 12.0. The second-order valence-corrected chi connectivity index (χ2v) is 8.60. The highest BCUT2D eigenvalue weighted by atomic mass is 35.5. The Hall–Kier alpha value is -2.08. The molecule has 0 radical (unpaired) electrons. The molecule has 1 N–H and O–H groups in total. The topological polar surface area (TPSA) is 60.2 Å². The van der Waals surface area contributed by atoms with Crippen molar-refractivity contribution in [2.75, 3.05) is 0 Å². The molecule has 2 atom stereocenters. The van der Waals surface area contributed by atoms with Crippen LogP contribution in [0.5, 0.6) is 5.75 Å². The quantitative estimate of drug-likeness (QED) is 0.597. The summed E-state index contributed by atoms with van der Waals surface area (Å²) in [7, 11) is 0. The normalized spacial score (nSPS) is 15.1. The third-order valence-electron chi connectivity index (χ3n) is 4.83. The highest BCUT2D eigenvalue weighted by molar-refractivity contribution is 6.35. The molecule has 2 aromatic carbocycles. The molecule has 7 heteroatoms. The first-order chi connectivity index (χ1) is 13.2. The number of aliphatic hydroxyl groups is 1. The van der Waals surface area contributed by atoms with E-state index in [1.165, 1.54) is 17.3 Å². The summed E-state index contributed by atoms with van der Waals surface area (Å²) >= 11 is 12.3. The van der Waals surface area contributed by atoms with Crippen molar-refractivity contribution in [3.63, 3.8) is 0 Å². The van der Waals surface area contributed by atoms with E-state index in [9.17, 15) is 5.11 Å². The fourth-order valence-electron chi connectivity index (χ4n) is 3.03. The Kier molecular flexibility index (Phi) is 5.98. The number of rotatable bonds is 6. The lowest BCUT2D eigenvalue weighted by Gasteiger charge is -2.45. The summed E-state index contributed by atoms with van der Waals surface area (Å²) in [6.45, 7) is 5.89. The maximum Gasteiger partial charge on any atom is 0.222 e. The molecule has 0 saturated heterocycles. The molecule has 0 fully saturated rings. The van der Waals surface area contributed by atoms with Gasteiger partial charge in [-0.1, -0.05) is 74.3 Å². The Morgan fingerprint density at radius 1 is 1.11 bits per heavy atom. The van der Waals surface area contributed by atoms with Crippen LogP contribution in [-0.2, 0) is 6.42 Å². The Labute approximate surface area is 174 Å². The van der Waals surface area contributed by atoms with Crippen molar-refractivity contribution in [1.29, 1.82) is 0 Å². The molecular formula is C21H23Cl2N3O2. The lowest BCUT2D eigenvalue weighted by Crippen LogP contribution is -2.54. The summed E-state index contributed by atoms with van der Waals surface area (Å²) in [5.41, 5.74) is -0.903. The molecule has 0 aliphatic carbocycles. The van der Waals surface area contributed by atoms with E-state index >= 15 is 0 Å². The van der Waals surface area contributed by atoms with Crippen molar-refractivity contribution < 1.29 is 9.84 Å². The van der Waals surface area contributed by atoms with Crippen molar-refractivity contribution in [2.45, 2.75) is 39.0 Å². The molecular weight excluding hydrogens is 397 g/mol. The molecule has 0 amide bonds. The molecule has 3 aromatic rings. The first kappa shape index (κ1) is 20.6. The molecule has 0 aliphatic heterocycles. The molecule has 2 unspecified atom stereocenters. The minimum absolute atomic E-state index is 0.354. The number of hydrogen-bond acceptors (Lipinski definition) is 4. The first-order valence-electron chi connectivity index (χ1n) is 8.93. The molecule has 0 aliphatic rings. The van der Waals surface area contributed by atoms with E-state index in [0.717, 1.165) is 5.56 Å². The van der Waals surface area contributed by atoms with Crippen molar-refractivity contribution in [3.05, 3.63) is 76.8 Å². The molecule has 0 bridgehead atoms. The van der Waals surface area contributed by atoms with Gasteiger partial charge < -0.3 is 9.84 Å². The summed E-state index contributed by atoms with van der Waals surface area (Å²) in [4.78, 5) is 4.03. The van der Waals surface area contributed by atoms with E-state index in [1.54, 1.807) is 18.2 Å². The van der Waals surface area contributed by atoms with Crippen LogP contribution in [0.1, 0.15) is 32.6 Å². The van der Waals surface area contributed by atoms with Gasteiger partial charge in [-0.3, -0.25) is 0 Å². The van der Waals surface area contributed by atoms with Gasteiger partial charge in [-0.2, -0.15) is 5.10 Å². The van der Waals surface area contributed by atoms with Crippen LogP contribution >= 0.6 is 23.2 Å². The van der Waals surface area contributed by atoms with Crippen molar-refractivity contribution in [3.8, 4) is 5.75 Å². The average Bonchev–Trinajstić information content (AvgIpc) is 3.15. The van der Waals surface area contributed by atoms with E-state index in [0.29, 0.717) is 22.2 Å². The van der Waals surface area contributed by atoms with Crippen LogP contribution in [0.25, 0.3) is 0 Å². The lowest BCUT2D eigenvalue weighted by molar-refractivity contribution is -0.165. The van der Waals surface area contributed by atoms with Gasteiger partial charge in [0.15, 0.2) is 0 Å². The van der Waals surface area contributed by atoms with Gasteiger partial charge in [-0.25, -0.2) is 9.67 Å². The molecule has 1 heterocycles. The Morgan fingerprint density at radius 3 is 2.39 bits per heavy atom. The van der Waals surface area contributed by atoms with Crippen LogP contribution in [-0.4, -0.2) is 25.5 Å². The number of aromatic nitrogens is 3. The zero-order chi connectivity index (χ0) is 20.4. The second-order valence-electron chi connectivity index (χ2n) is 7.76. The lowest BCUT2D eigenvalue weighted by atomic mass is 9.71. The SMILES string of the molecule is CC(C)(C)C(O)(Cc1ccccc1)C(Oc1ccc(Cl)cc1Cl)n1cncn1. The fraction of sp³-hybridized carbons (Fsp3) is 0.333. The minimum atomic E-state index is -1.33. The molecule has 3 rings (SSSR count). The van der Waals surface area contributed by atoms with Crippen LogP contribution in [0.4, 0.5) is 0 Å². The number of benzene rings is 2. The first-order valence-corrected chi connectivity index (χ1v) is 9.68. The predicted octanol–water partition coefficient (Wildman–Crippen LogP) is 5.18. The summed E-state index contributed by atoms with van der Waals surface area (Å²) in [6.07, 6.45) is 2.42. The average molecular weight is 420 g/mol. The zero-order valence-corrected chi connectivity index (χ0v) is 17.5. The summed E-state index contributed by atoms with van der Waals surface area (Å²) < 4.78 is 7.74. The molecule has 0 saturated carbocycles. The Balaban J connectivity index is 2.07. The Morgan fingerprint density at radius 2 is 1.82 bits per heavy atom. The van der Waals surface area contributed by atoms with Crippen LogP contribution in [0, 0.1) is 5.41 Å². The van der Waals surface area contributed by atoms with Crippen LogP contribution < -0.4 is 4.74 Å². The van der Waals surface area contributed by atoms with Crippen LogP contribution in [0.3, 0.4) is 0 Å². The summed E-state index contributed by atoms with van der Waals surface area (Å²) in [6, 6.07) is 14.8. The van der Waals surface area contributed by atoms with E-state index in [1.807, 2.05) is 51.1 Å². The Bertz CT molecular complexity index is 911. The zero-order valence-electron chi connectivity index (χ0n) is 16.0. The van der Waals surface area contributed by atoms with E-state index in [-0.39, 0.29) is 0 Å². The van der Waals surface area contributed by atoms with Gasteiger partial charge in [0.2, 0.25) is 6.23 Å². The minimum Gasteiger partial charge on any atom is -0.464 e. The molecule has 28 heavy (non-hydrogen) atoms. The van der Waals surface area contributed by atoms with Gasteiger partial charge in [0.05, 0.1) is 5.02 Å². The van der Waals surface area contributed by atoms with Crippen molar-refractivity contribution in [2.24, 2.45) is 5.41 Å².